The molecule has 0 amide bonds. The molecule has 0 aromatic heterocycles. The highest BCUT2D eigenvalue weighted by Crippen LogP contribution is 2.33. The quantitative estimate of drug-likeness (QED) is 0.805. The summed E-state index contributed by atoms with van der Waals surface area (Å²) in [5.74, 6) is 0.434. The third-order valence-electron chi connectivity index (χ3n) is 2.85. The van der Waals surface area contributed by atoms with Crippen molar-refractivity contribution in [2.45, 2.75) is 45.8 Å². The molecule has 19 heavy (non-hydrogen) atoms. The molecule has 1 rings (SSSR count). The van der Waals surface area contributed by atoms with E-state index in [1.165, 1.54) is 0 Å². The summed E-state index contributed by atoms with van der Waals surface area (Å²) in [5.41, 5.74) is 1.26. The predicted molar refractivity (Wildman–Crippen MR) is 72.1 cm³/mol. The van der Waals surface area contributed by atoms with Crippen LogP contribution < -0.4 is 5.32 Å². The Morgan fingerprint density at radius 3 is 2.42 bits per heavy atom. The van der Waals surface area contributed by atoms with Crippen LogP contribution >= 0.6 is 0 Å². The standard InChI is InChI=1S/C15H22F3N/c1-4-8-19-14(15(16,17)18)13-7-5-6-12(10-13)9-11(2)3/h5-7,10-11,14,19H,4,8-9H2,1-3H3. The van der Waals surface area contributed by atoms with Gasteiger partial charge in [0, 0.05) is 0 Å². The summed E-state index contributed by atoms with van der Waals surface area (Å²) in [6.07, 6.45) is -2.78. The molecule has 4 heteroatoms. The van der Waals surface area contributed by atoms with Gasteiger partial charge in [0.1, 0.15) is 6.04 Å². The Bertz CT molecular complexity index is 385. The van der Waals surface area contributed by atoms with Crippen molar-refractivity contribution in [2.24, 2.45) is 5.92 Å². The smallest absolute Gasteiger partial charge is 0.302 e. The molecule has 0 radical (unpaired) electrons. The zero-order valence-corrected chi connectivity index (χ0v) is 11.7. The Labute approximate surface area is 113 Å². The predicted octanol–water partition coefficient (Wildman–Crippen LogP) is 4.49. The fourth-order valence-corrected chi connectivity index (χ4v) is 2.08. The van der Waals surface area contributed by atoms with Crippen molar-refractivity contribution in [3.05, 3.63) is 35.4 Å². The fourth-order valence-electron chi connectivity index (χ4n) is 2.08. The normalized spacial score (nSPS) is 13.8. The van der Waals surface area contributed by atoms with Crippen molar-refractivity contribution in [3.63, 3.8) is 0 Å². The zero-order chi connectivity index (χ0) is 14.5. The Balaban J connectivity index is 2.95. The molecule has 1 aromatic rings. The Hall–Kier alpha value is -1.03. The summed E-state index contributed by atoms with van der Waals surface area (Å²) in [6, 6.07) is 5.24. The molecule has 0 aliphatic heterocycles. The van der Waals surface area contributed by atoms with Crippen molar-refractivity contribution >= 4 is 0 Å². The summed E-state index contributed by atoms with van der Waals surface area (Å²) >= 11 is 0. The second-order valence-electron chi connectivity index (χ2n) is 5.27. The van der Waals surface area contributed by atoms with Crippen LogP contribution in [0, 0.1) is 5.92 Å². The SMILES string of the molecule is CCCNC(c1cccc(CC(C)C)c1)C(F)(F)F. The third-order valence-corrected chi connectivity index (χ3v) is 2.85. The van der Waals surface area contributed by atoms with Crippen LogP contribution in [0.2, 0.25) is 0 Å². The summed E-state index contributed by atoms with van der Waals surface area (Å²) in [4.78, 5) is 0. The Kier molecular flexibility index (Phi) is 5.85. The highest BCUT2D eigenvalue weighted by Gasteiger charge is 2.40. The molecule has 0 aliphatic rings. The highest BCUT2D eigenvalue weighted by molar-refractivity contribution is 5.27. The van der Waals surface area contributed by atoms with E-state index in [1.54, 1.807) is 18.2 Å². The molecule has 0 aliphatic carbocycles. The van der Waals surface area contributed by atoms with E-state index in [4.69, 9.17) is 0 Å². The Morgan fingerprint density at radius 1 is 1.21 bits per heavy atom. The van der Waals surface area contributed by atoms with Gasteiger partial charge in [0.2, 0.25) is 0 Å². The van der Waals surface area contributed by atoms with Gasteiger partial charge in [0.05, 0.1) is 0 Å². The van der Waals surface area contributed by atoms with Gasteiger partial charge in [-0.2, -0.15) is 13.2 Å². The highest BCUT2D eigenvalue weighted by atomic mass is 19.4. The number of nitrogens with one attached hydrogen (secondary N) is 1. The molecular weight excluding hydrogens is 251 g/mol. The molecule has 0 fully saturated rings. The minimum Gasteiger partial charge on any atom is -0.302 e. The molecule has 0 saturated heterocycles. The van der Waals surface area contributed by atoms with E-state index >= 15 is 0 Å². The van der Waals surface area contributed by atoms with E-state index in [-0.39, 0.29) is 0 Å². The van der Waals surface area contributed by atoms with Crippen LogP contribution in [-0.4, -0.2) is 12.7 Å². The van der Waals surface area contributed by atoms with Crippen molar-refractivity contribution < 1.29 is 13.2 Å². The lowest BCUT2D eigenvalue weighted by molar-refractivity contribution is -0.157. The molecule has 108 valence electrons. The maximum Gasteiger partial charge on any atom is 0.407 e. The zero-order valence-electron chi connectivity index (χ0n) is 11.7. The van der Waals surface area contributed by atoms with Crippen molar-refractivity contribution in [2.75, 3.05) is 6.54 Å². The molecule has 1 aromatic carbocycles. The second-order valence-corrected chi connectivity index (χ2v) is 5.27. The monoisotopic (exact) mass is 273 g/mol. The Morgan fingerprint density at radius 2 is 1.89 bits per heavy atom. The van der Waals surface area contributed by atoms with Gasteiger partial charge in [0.25, 0.3) is 0 Å². The lowest BCUT2D eigenvalue weighted by atomic mass is 9.98. The largest absolute Gasteiger partial charge is 0.407 e. The van der Waals surface area contributed by atoms with Crippen molar-refractivity contribution in [1.29, 1.82) is 0 Å². The van der Waals surface area contributed by atoms with Crippen LogP contribution in [0.15, 0.2) is 24.3 Å². The van der Waals surface area contributed by atoms with Crippen LogP contribution in [0.4, 0.5) is 13.2 Å². The van der Waals surface area contributed by atoms with Crippen molar-refractivity contribution in [1.82, 2.24) is 5.32 Å². The van der Waals surface area contributed by atoms with E-state index in [0.717, 1.165) is 12.0 Å². The van der Waals surface area contributed by atoms with Crippen LogP contribution in [0.3, 0.4) is 0 Å². The van der Waals surface area contributed by atoms with Crippen LogP contribution in [-0.2, 0) is 6.42 Å². The third kappa shape index (κ3) is 5.23. The molecule has 1 N–H and O–H groups in total. The molecule has 0 spiro atoms. The van der Waals surface area contributed by atoms with Crippen LogP contribution in [0.5, 0.6) is 0 Å². The van der Waals surface area contributed by atoms with Gasteiger partial charge in [-0.05, 0) is 36.4 Å². The number of halogens is 3. The average molecular weight is 273 g/mol. The van der Waals surface area contributed by atoms with Crippen LogP contribution in [0.1, 0.15) is 44.4 Å². The van der Waals surface area contributed by atoms with E-state index in [1.807, 2.05) is 13.0 Å². The molecule has 1 atom stereocenters. The topological polar surface area (TPSA) is 12.0 Å². The number of hydrogen-bond acceptors (Lipinski definition) is 1. The summed E-state index contributed by atoms with van der Waals surface area (Å²) in [7, 11) is 0. The fraction of sp³-hybridized carbons (Fsp3) is 0.600. The van der Waals surface area contributed by atoms with E-state index < -0.39 is 12.2 Å². The molecule has 0 saturated carbocycles. The average Bonchev–Trinajstić information content (AvgIpc) is 2.27. The van der Waals surface area contributed by atoms with Gasteiger partial charge in [-0.25, -0.2) is 0 Å². The molecule has 0 heterocycles. The number of benzene rings is 1. The lowest BCUT2D eigenvalue weighted by Gasteiger charge is -2.22. The van der Waals surface area contributed by atoms with E-state index in [9.17, 15) is 13.2 Å². The number of hydrogen-bond donors (Lipinski definition) is 1. The van der Waals surface area contributed by atoms with E-state index in [0.29, 0.717) is 24.4 Å². The lowest BCUT2D eigenvalue weighted by Crippen LogP contribution is -2.34. The molecule has 1 unspecified atom stereocenters. The molecule has 0 bridgehead atoms. The first-order valence-electron chi connectivity index (χ1n) is 6.73. The first-order chi connectivity index (χ1) is 8.84. The van der Waals surface area contributed by atoms with Gasteiger partial charge >= 0.3 is 6.18 Å². The van der Waals surface area contributed by atoms with E-state index in [2.05, 4.69) is 19.2 Å². The minimum absolute atomic E-state index is 0.305. The van der Waals surface area contributed by atoms with Crippen molar-refractivity contribution in [3.8, 4) is 0 Å². The van der Waals surface area contributed by atoms with Crippen LogP contribution in [0.25, 0.3) is 0 Å². The number of rotatable bonds is 6. The van der Waals surface area contributed by atoms with Gasteiger partial charge in [-0.1, -0.05) is 45.0 Å². The van der Waals surface area contributed by atoms with Gasteiger partial charge in [-0.3, -0.25) is 0 Å². The maximum atomic E-state index is 13.1. The molecular formula is C15H22F3N. The van der Waals surface area contributed by atoms with Gasteiger partial charge in [0.15, 0.2) is 0 Å². The summed E-state index contributed by atoms with van der Waals surface area (Å²) in [6.45, 7) is 6.33. The van der Waals surface area contributed by atoms with Gasteiger partial charge < -0.3 is 5.32 Å². The summed E-state index contributed by atoms with van der Waals surface area (Å²) < 4.78 is 39.2. The first kappa shape index (κ1) is 16.0. The summed E-state index contributed by atoms with van der Waals surface area (Å²) in [5, 5.41) is 2.58. The second kappa shape index (κ2) is 6.94. The molecule has 1 nitrogen and oxygen atoms in total. The van der Waals surface area contributed by atoms with Gasteiger partial charge in [-0.15, -0.1) is 0 Å². The maximum absolute atomic E-state index is 13.1. The minimum atomic E-state index is -4.26. The number of alkyl halides is 3. The first-order valence-corrected chi connectivity index (χ1v) is 6.73.